The average Bonchev–Trinajstić information content (AvgIpc) is 3.04. The van der Waals surface area contributed by atoms with Crippen LogP contribution in [0, 0.1) is 0 Å². The van der Waals surface area contributed by atoms with Gasteiger partial charge in [-0.2, -0.15) is 8.78 Å². The van der Waals surface area contributed by atoms with Crippen molar-refractivity contribution in [2.75, 3.05) is 34.0 Å². The molecule has 7 nitrogen and oxygen atoms in total. The Balaban J connectivity index is 1.98. The molecule has 0 unspecified atom stereocenters. The number of alkyl halides is 2. The van der Waals surface area contributed by atoms with Crippen LogP contribution in [0.4, 0.5) is 8.78 Å². The molecule has 0 spiro atoms. The first-order valence-corrected chi connectivity index (χ1v) is 7.97. The fourth-order valence-corrected chi connectivity index (χ4v) is 2.67. The van der Waals surface area contributed by atoms with E-state index in [4.69, 9.17) is 14.2 Å². The molecular weight excluding hydrogens is 350 g/mol. The molecule has 0 aliphatic carbocycles. The summed E-state index contributed by atoms with van der Waals surface area (Å²) in [5.74, 6) is -0.389. The fraction of sp³-hybridized carbons (Fsp3) is 0.412. The van der Waals surface area contributed by atoms with Gasteiger partial charge in [0.1, 0.15) is 5.56 Å². The minimum Gasteiger partial charge on any atom is -0.462 e. The second-order valence-corrected chi connectivity index (χ2v) is 6.07. The number of halogens is 2. The minimum absolute atomic E-state index is 0.0431. The molecule has 0 radical (unpaired) electrons. The van der Waals surface area contributed by atoms with Gasteiger partial charge in [-0.15, -0.1) is 0 Å². The molecule has 2 aromatic rings. The van der Waals surface area contributed by atoms with E-state index in [0.29, 0.717) is 17.5 Å². The lowest BCUT2D eigenvalue weighted by Gasteiger charge is -2.13. The van der Waals surface area contributed by atoms with Gasteiger partial charge >= 0.3 is 12.5 Å². The highest BCUT2D eigenvalue weighted by atomic mass is 19.3. The standard InChI is InChI=1S/C17H18F2N2O5/c1-20(2)4-3-5-24-16(23)11-8-21(17(18)19)12-7-14-13(25-9-26-14)6-10(12)15(11)22/h6-8,17H,3-5,9H2,1-2H3. The zero-order valence-electron chi connectivity index (χ0n) is 14.3. The van der Waals surface area contributed by atoms with Crippen molar-refractivity contribution in [2.24, 2.45) is 0 Å². The van der Waals surface area contributed by atoms with Crippen LogP contribution in [0.5, 0.6) is 11.5 Å². The van der Waals surface area contributed by atoms with Gasteiger partial charge in [0.15, 0.2) is 11.5 Å². The lowest BCUT2D eigenvalue weighted by Crippen LogP contribution is -2.22. The Hall–Kier alpha value is -2.68. The third-order valence-electron chi connectivity index (χ3n) is 3.94. The van der Waals surface area contributed by atoms with E-state index in [1.807, 2.05) is 19.0 Å². The summed E-state index contributed by atoms with van der Waals surface area (Å²) in [6.07, 6.45) is 1.39. The number of hydrogen-bond acceptors (Lipinski definition) is 6. The van der Waals surface area contributed by atoms with Gasteiger partial charge in [0.2, 0.25) is 12.2 Å². The fourth-order valence-electron chi connectivity index (χ4n) is 2.67. The zero-order valence-corrected chi connectivity index (χ0v) is 14.3. The summed E-state index contributed by atoms with van der Waals surface area (Å²) in [6, 6.07) is 2.61. The molecule has 1 aliphatic rings. The Morgan fingerprint density at radius 3 is 2.65 bits per heavy atom. The molecular formula is C17H18F2N2O5. The molecule has 2 heterocycles. The number of carbonyl (C=O) groups is 1. The molecule has 0 fully saturated rings. The molecule has 0 atom stereocenters. The van der Waals surface area contributed by atoms with Crippen molar-refractivity contribution < 1.29 is 27.8 Å². The summed E-state index contributed by atoms with van der Waals surface area (Å²) in [4.78, 5) is 26.7. The second kappa shape index (κ2) is 7.28. The van der Waals surface area contributed by atoms with Gasteiger partial charge in [-0.05, 0) is 26.6 Å². The number of esters is 1. The van der Waals surface area contributed by atoms with Crippen LogP contribution in [0.2, 0.25) is 0 Å². The van der Waals surface area contributed by atoms with E-state index in [1.54, 1.807) is 0 Å². The zero-order chi connectivity index (χ0) is 18.8. The smallest absolute Gasteiger partial charge is 0.343 e. The second-order valence-electron chi connectivity index (χ2n) is 6.07. The van der Waals surface area contributed by atoms with Crippen molar-refractivity contribution >= 4 is 16.9 Å². The number of hydrogen-bond donors (Lipinski definition) is 0. The summed E-state index contributed by atoms with van der Waals surface area (Å²) in [5.41, 5.74) is -1.17. The molecule has 26 heavy (non-hydrogen) atoms. The van der Waals surface area contributed by atoms with Crippen LogP contribution in [0.3, 0.4) is 0 Å². The Kier molecular flexibility index (Phi) is 5.08. The molecule has 0 saturated carbocycles. The SMILES string of the molecule is CN(C)CCCOC(=O)c1cn(C(F)F)c2cc3c(cc2c1=O)OCO3. The van der Waals surface area contributed by atoms with Gasteiger partial charge in [0.25, 0.3) is 0 Å². The lowest BCUT2D eigenvalue weighted by atomic mass is 10.1. The van der Waals surface area contributed by atoms with Crippen LogP contribution in [0.1, 0.15) is 23.3 Å². The molecule has 0 bridgehead atoms. The molecule has 0 saturated heterocycles. The van der Waals surface area contributed by atoms with E-state index in [0.717, 1.165) is 6.20 Å². The average molecular weight is 368 g/mol. The topological polar surface area (TPSA) is 70.0 Å². The van der Waals surface area contributed by atoms with Gasteiger partial charge in [-0.25, -0.2) is 4.79 Å². The molecule has 140 valence electrons. The quantitative estimate of drug-likeness (QED) is 0.575. The van der Waals surface area contributed by atoms with E-state index in [1.165, 1.54) is 12.1 Å². The highest BCUT2D eigenvalue weighted by Gasteiger charge is 2.23. The number of nitrogens with zero attached hydrogens (tertiary/aromatic N) is 2. The van der Waals surface area contributed by atoms with Crippen LogP contribution in [0.25, 0.3) is 10.9 Å². The predicted molar refractivity (Wildman–Crippen MR) is 89.0 cm³/mol. The van der Waals surface area contributed by atoms with Gasteiger partial charge in [0, 0.05) is 18.8 Å². The summed E-state index contributed by atoms with van der Waals surface area (Å²) < 4.78 is 42.9. The normalized spacial score (nSPS) is 13.0. The maximum atomic E-state index is 13.5. The number of carbonyl (C=O) groups excluding carboxylic acids is 1. The molecule has 1 aliphatic heterocycles. The highest BCUT2D eigenvalue weighted by Crippen LogP contribution is 2.36. The Morgan fingerprint density at radius 2 is 2.00 bits per heavy atom. The van der Waals surface area contributed by atoms with E-state index < -0.39 is 23.5 Å². The highest BCUT2D eigenvalue weighted by molar-refractivity contribution is 5.94. The maximum absolute atomic E-state index is 13.5. The van der Waals surface area contributed by atoms with Gasteiger partial charge < -0.3 is 19.1 Å². The number of ether oxygens (including phenoxy) is 3. The van der Waals surface area contributed by atoms with Crippen LogP contribution in [0.15, 0.2) is 23.1 Å². The van der Waals surface area contributed by atoms with Gasteiger partial charge in [-0.1, -0.05) is 0 Å². The van der Waals surface area contributed by atoms with Crippen LogP contribution in [-0.2, 0) is 4.74 Å². The number of fused-ring (bicyclic) bond motifs is 2. The first-order chi connectivity index (χ1) is 12.4. The number of aromatic nitrogens is 1. The van der Waals surface area contributed by atoms with Crippen molar-refractivity contribution in [3.63, 3.8) is 0 Å². The van der Waals surface area contributed by atoms with E-state index in [9.17, 15) is 18.4 Å². The Labute approximate surface area is 147 Å². The largest absolute Gasteiger partial charge is 0.462 e. The van der Waals surface area contributed by atoms with Gasteiger partial charge in [-0.3, -0.25) is 9.36 Å². The molecule has 3 rings (SSSR count). The van der Waals surface area contributed by atoms with Crippen molar-refractivity contribution in [3.05, 3.63) is 34.1 Å². The number of pyridine rings is 1. The number of rotatable bonds is 6. The van der Waals surface area contributed by atoms with Crippen molar-refractivity contribution in [1.82, 2.24) is 9.47 Å². The summed E-state index contributed by atoms with van der Waals surface area (Å²) in [6.45, 7) is -2.23. The summed E-state index contributed by atoms with van der Waals surface area (Å²) in [5, 5.41) is -0.0581. The maximum Gasteiger partial charge on any atom is 0.343 e. The molecule has 0 N–H and O–H groups in total. The van der Waals surface area contributed by atoms with Crippen LogP contribution < -0.4 is 14.9 Å². The molecule has 1 aromatic carbocycles. The predicted octanol–water partition coefficient (Wildman–Crippen LogP) is 2.23. The minimum atomic E-state index is -2.95. The van der Waals surface area contributed by atoms with E-state index >= 15 is 0 Å². The van der Waals surface area contributed by atoms with E-state index in [2.05, 4.69) is 0 Å². The molecule has 0 amide bonds. The number of benzene rings is 1. The van der Waals surface area contributed by atoms with Crippen molar-refractivity contribution in [2.45, 2.75) is 13.0 Å². The summed E-state index contributed by atoms with van der Waals surface area (Å²) in [7, 11) is 3.74. The Morgan fingerprint density at radius 1 is 1.31 bits per heavy atom. The van der Waals surface area contributed by atoms with Crippen molar-refractivity contribution in [1.29, 1.82) is 0 Å². The van der Waals surface area contributed by atoms with Crippen LogP contribution >= 0.6 is 0 Å². The van der Waals surface area contributed by atoms with Crippen LogP contribution in [-0.4, -0.2) is 49.5 Å². The molecule has 1 aromatic heterocycles. The Bertz CT molecular complexity index is 895. The third-order valence-corrected chi connectivity index (χ3v) is 3.94. The lowest BCUT2D eigenvalue weighted by molar-refractivity contribution is 0.0485. The molecule has 9 heteroatoms. The van der Waals surface area contributed by atoms with E-state index in [-0.39, 0.29) is 35.8 Å². The van der Waals surface area contributed by atoms with Gasteiger partial charge in [0.05, 0.1) is 17.5 Å². The first-order valence-electron chi connectivity index (χ1n) is 7.97. The third kappa shape index (κ3) is 3.48. The summed E-state index contributed by atoms with van der Waals surface area (Å²) >= 11 is 0. The first kappa shape index (κ1) is 18.1. The monoisotopic (exact) mass is 368 g/mol. The van der Waals surface area contributed by atoms with Crippen molar-refractivity contribution in [3.8, 4) is 11.5 Å².